The van der Waals surface area contributed by atoms with Crippen molar-refractivity contribution >= 4 is 11.0 Å². The minimum absolute atomic E-state index is 0.551. The lowest BCUT2D eigenvalue weighted by Crippen LogP contribution is -2.39. The molecule has 0 spiro atoms. The fourth-order valence-corrected chi connectivity index (χ4v) is 8.55. The maximum atomic E-state index is 5.94. The summed E-state index contributed by atoms with van der Waals surface area (Å²) < 4.78 is 8.29. The van der Waals surface area contributed by atoms with E-state index in [0.717, 1.165) is 85.5 Å². The van der Waals surface area contributed by atoms with E-state index in [1.54, 1.807) is 11.1 Å². The zero-order valence-electron chi connectivity index (χ0n) is 34.1. The molecule has 0 N–H and O–H groups in total. The molecule has 0 saturated heterocycles. The number of rotatable bonds is 12. The highest BCUT2D eigenvalue weighted by molar-refractivity contribution is 5.85. The van der Waals surface area contributed by atoms with E-state index < -0.39 is 5.54 Å². The zero-order chi connectivity index (χ0) is 41.2. The van der Waals surface area contributed by atoms with Crippen LogP contribution < -0.4 is 0 Å². The maximum Gasteiger partial charge on any atom is 0.226 e. The van der Waals surface area contributed by atoms with Crippen LogP contribution in [-0.2, 0) is 18.5 Å². The van der Waals surface area contributed by atoms with Gasteiger partial charge in [0.1, 0.15) is 17.8 Å². The summed E-state index contributed by atoms with van der Waals surface area (Å²) in [5.74, 6) is 2.23. The van der Waals surface area contributed by atoms with Gasteiger partial charge >= 0.3 is 0 Å². The van der Waals surface area contributed by atoms with Crippen LogP contribution in [-0.4, -0.2) is 34.7 Å². The van der Waals surface area contributed by atoms with Crippen LogP contribution in [0.5, 0.6) is 0 Å². The Balaban J connectivity index is 0.996. The number of imidazole rings is 1. The molecule has 0 aliphatic heterocycles. The van der Waals surface area contributed by atoms with Crippen molar-refractivity contribution in [3.05, 3.63) is 222 Å². The molecule has 61 heavy (non-hydrogen) atoms. The number of oxazole rings is 1. The number of nitrogens with zero attached hydrogens (tertiary/aromatic N) is 7. The Bertz CT molecular complexity index is 2970. The predicted octanol–water partition coefficient (Wildman–Crippen LogP) is 11.8. The number of hydrogen-bond donors (Lipinski definition) is 0. The van der Waals surface area contributed by atoms with Gasteiger partial charge in [-0.25, -0.2) is 9.97 Å². The molecule has 0 saturated carbocycles. The molecule has 0 bridgehead atoms. The molecule has 0 radical (unpaired) electrons. The minimum atomic E-state index is -0.862. The predicted molar refractivity (Wildman–Crippen MR) is 242 cm³/mol. The van der Waals surface area contributed by atoms with Crippen LogP contribution in [0.25, 0.3) is 56.3 Å². The van der Waals surface area contributed by atoms with Gasteiger partial charge in [-0.15, -0.1) is 15.0 Å². The standard InChI is InChI=1S/C53H43N7O/c1-3-18-49-55-50-37(2)33-41(47-36-61-52(54-47)40-19-8-4-9-20-40)34-48(50)59(49)35-38-29-31-39(32-30-38)45-27-16-17-28-46(45)51-56-58-60(57-51)53(42-21-10-5-11-22-42,43-23-12-6-13-24-43)44-25-14-7-15-26-44/h4-17,19-34,36H,3,18,35H2,1-2H3. The molecule has 7 aromatic carbocycles. The molecule has 0 atom stereocenters. The highest BCUT2D eigenvalue weighted by atomic mass is 16.3. The second kappa shape index (κ2) is 16.2. The number of fused-ring (bicyclic) bond motifs is 1. The van der Waals surface area contributed by atoms with Gasteiger partial charge in [-0.1, -0.05) is 165 Å². The lowest BCUT2D eigenvalue weighted by atomic mass is 9.77. The maximum absolute atomic E-state index is 5.94. The van der Waals surface area contributed by atoms with Crippen molar-refractivity contribution in [1.82, 2.24) is 34.7 Å². The lowest BCUT2D eigenvalue weighted by Gasteiger charge is -2.34. The van der Waals surface area contributed by atoms with E-state index in [1.165, 1.54) is 5.56 Å². The summed E-state index contributed by atoms with van der Waals surface area (Å²) >= 11 is 0. The molecular formula is C53H43N7O. The quantitative estimate of drug-likeness (QED) is 0.114. The van der Waals surface area contributed by atoms with Crippen LogP contribution in [0.2, 0.25) is 0 Å². The zero-order valence-corrected chi connectivity index (χ0v) is 34.1. The smallest absolute Gasteiger partial charge is 0.226 e. The van der Waals surface area contributed by atoms with Gasteiger partial charge < -0.3 is 8.98 Å². The number of tetrazole rings is 1. The van der Waals surface area contributed by atoms with Crippen molar-refractivity contribution in [2.24, 2.45) is 0 Å². The van der Waals surface area contributed by atoms with Crippen LogP contribution in [0.1, 0.15) is 47.0 Å². The van der Waals surface area contributed by atoms with E-state index in [4.69, 9.17) is 29.8 Å². The van der Waals surface area contributed by atoms with Crippen LogP contribution in [0.4, 0.5) is 0 Å². The van der Waals surface area contributed by atoms with E-state index >= 15 is 0 Å². The van der Waals surface area contributed by atoms with E-state index in [-0.39, 0.29) is 0 Å². The largest absolute Gasteiger partial charge is 0.444 e. The Morgan fingerprint density at radius 2 is 1.18 bits per heavy atom. The summed E-state index contributed by atoms with van der Waals surface area (Å²) in [6.07, 6.45) is 3.62. The highest BCUT2D eigenvalue weighted by Gasteiger charge is 2.41. The third kappa shape index (κ3) is 6.92. The van der Waals surface area contributed by atoms with Crippen LogP contribution >= 0.6 is 0 Å². The number of aryl methyl sites for hydroxylation is 2. The lowest BCUT2D eigenvalue weighted by molar-refractivity contribution is 0.396. The van der Waals surface area contributed by atoms with Crippen molar-refractivity contribution in [2.75, 3.05) is 0 Å². The second-order valence-corrected chi connectivity index (χ2v) is 15.4. The first kappa shape index (κ1) is 37.6. The molecule has 0 aliphatic carbocycles. The van der Waals surface area contributed by atoms with E-state index in [0.29, 0.717) is 18.3 Å². The summed E-state index contributed by atoms with van der Waals surface area (Å²) in [6, 6.07) is 62.7. The fraction of sp³-hybridized carbons (Fsp3) is 0.113. The second-order valence-electron chi connectivity index (χ2n) is 15.4. The summed E-state index contributed by atoms with van der Waals surface area (Å²) in [5.41, 5.74) is 12.4. The van der Waals surface area contributed by atoms with Gasteiger partial charge in [0.05, 0.1) is 11.0 Å². The molecule has 0 aliphatic rings. The van der Waals surface area contributed by atoms with Gasteiger partial charge in [0.2, 0.25) is 11.7 Å². The molecule has 0 amide bonds. The average Bonchev–Trinajstić information content (AvgIpc) is 4.10. The molecule has 0 fully saturated rings. The van der Waals surface area contributed by atoms with Crippen molar-refractivity contribution in [2.45, 2.75) is 38.8 Å². The normalized spacial score (nSPS) is 11.6. The molecule has 8 heteroatoms. The summed E-state index contributed by atoms with van der Waals surface area (Å²) in [6.45, 7) is 5.01. The third-order valence-electron chi connectivity index (χ3n) is 11.5. The van der Waals surface area contributed by atoms with Crippen LogP contribution in [0.15, 0.2) is 193 Å². The van der Waals surface area contributed by atoms with E-state index in [2.05, 4.69) is 146 Å². The van der Waals surface area contributed by atoms with E-state index in [9.17, 15) is 0 Å². The summed E-state index contributed by atoms with van der Waals surface area (Å²) in [5, 5.41) is 14.8. The fourth-order valence-electron chi connectivity index (χ4n) is 8.55. The van der Waals surface area contributed by atoms with Gasteiger partial charge in [0, 0.05) is 29.7 Å². The molecule has 3 aromatic heterocycles. The van der Waals surface area contributed by atoms with Crippen molar-refractivity contribution in [1.29, 1.82) is 0 Å². The molecule has 296 valence electrons. The molecule has 0 unspecified atom stereocenters. The van der Waals surface area contributed by atoms with Crippen molar-refractivity contribution in [3.63, 3.8) is 0 Å². The highest BCUT2D eigenvalue weighted by Crippen LogP contribution is 2.41. The first-order valence-corrected chi connectivity index (χ1v) is 20.8. The monoisotopic (exact) mass is 793 g/mol. The Kier molecular flexibility index (Phi) is 9.94. The van der Waals surface area contributed by atoms with Gasteiger partial charge in [0.15, 0.2) is 5.54 Å². The molecule has 3 heterocycles. The summed E-state index contributed by atoms with van der Waals surface area (Å²) in [7, 11) is 0. The van der Waals surface area contributed by atoms with Gasteiger partial charge in [-0.2, -0.15) is 0 Å². The minimum Gasteiger partial charge on any atom is -0.444 e. The third-order valence-corrected chi connectivity index (χ3v) is 11.5. The topological polar surface area (TPSA) is 87.5 Å². The number of benzene rings is 7. The van der Waals surface area contributed by atoms with E-state index in [1.807, 2.05) is 54.6 Å². The summed E-state index contributed by atoms with van der Waals surface area (Å²) in [4.78, 5) is 11.8. The molecular weight excluding hydrogens is 751 g/mol. The first-order chi connectivity index (χ1) is 30.1. The molecule has 10 rings (SSSR count). The Morgan fingerprint density at radius 3 is 1.80 bits per heavy atom. The first-order valence-electron chi connectivity index (χ1n) is 20.8. The van der Waals surface area contributed by atoms with Gasteiger partial charge in [-0.05, 0) is 81.8 Å². The van der Waals surface area contributed by atoms with Crippen molar-refractivity contribution < 1.29 is 4.42 Å². The Morgan fingerprint density at radius 1 is 0.590 bits per heavy atom. The van der Waals surface area contributed by atoms with Crippen molar-refractivity contribution in [3.8, 4) is 45.2 Å². The number of hydrogen-bond acceptors (Lipinski definition) is 6. The van der Waals surface area contributed by atoms with Crippen LogP contribution in [0, 0.1) is 6.92 Å². The molecule has 10 aromatic rings. The average molecular weight is 794 g/mol. The number of aromatic nitrogens is 7. The SMILES string of the molecule is CCCc1nc2c(C)cc(-c3coc(-c4ccccc4)n3)cc2n1Cc1ccc(-c2ccccc2-c2nnn(C(c3ccccc3)(c3ccccc3)c3ccccc3)n2)cc1. The Hall–Kier alpha value is -7.71. The Labute approximate surface area is 354 Å². The van der Waals surface area contributed by atoms with Gasteiger partial charge in [0.25, 0.3) is 0 Å². The van der Waals surface area contributed by atoms with Gasteiger partial charge in [-0.3, -0.25) is 0 Å². The molecule has 8 nitrogen and oxygen atoms in total. The van der Waals surface area contributed by atoms with Crippen LogP contribution in [0.3, 0.4) is 0 Å².